The fourth-order valence-corrected chi connectivity index (χ4v) is 3.30. The molecule has 2 unspecified atom stereocenters. The molecular formula is C16H17BrClNO. The molecule has 0 radical (unpaired) electrons. The van der Waals surface area contributed by atoms with Crippen LogP contribution in [0.3, 0.4) is 0 Å². The maximum Gasteiger partial charge on any atom is 0.0881 e. The van der Waals surface area contributed by atoms with Gasteiger partial charge in [-0.05, 0) is 35.7 Å². The minimum atomic E-state index is -0.673. The Kier molecular flexibility index (Phi) is 5.22. The Balaban J connectivity index is 2.39. The van der Waals surface area contributed by atoms with Crippen LogP contribution in [0.4, 0.5) is 0 Å². The maximum atomic E-state index is 10.7. The molecule has 4 heteroatoms. The standard InChI is InChI=1S/C16H17BrClNO/c1-10-4-2-3-5-12(10)14(9-19)16(20)13-7-6-11(18)8-15(13)17/h2-8,14,16,20H,9,19H2,1H3. The van der Waals surface area contributed by atoms with Crippen LogP contribution in [0.2, 0.25) is 5.02 Å². The number of aryl methyl sites for hydroxylation is 1. The summed E-state index contributed by atoms with van der Waals surface area (Å²) in [5, 5.41) is 11.3. The van der Waals surface area contributed by atoms with Crippen LogP contribution in [0.1, 0.15) is 28.7 Å². The van der Waals surface area contributed by atoms with Gasteiger partial charge < -0.3 is 10.8 Å². The van der Waals surface area contributed by atoms with E-state index in [2.05, 4.69) is 15.9 Å². The second-order valence-corrected chi connectivity index (χ2v) is 6.10. The second-order valence-electron chi connectivity index (χ2n) is 4.81. The van der Waals surface area contributed by atoms with Gasteiger partial charge in [0.05, 0.1) is 6.10 Å². The fourth-order valence-electron chi connectivity index (χ4n) is 2.39. The van der Waals surface area contributed by atoms with E-state index >= 15 is 0 Å². The molecule has 0 aromatic heterocycles. The first-order chi connectivity index (χ1) is 9.54. The van der Waals surface area contributed by atoms with Gasteiger partial charge in [0, 0.05) is 22.0 Å². The van der Waals surface area contributed by atoms with Gasteiger partial charge in [-0.25, -0.2) is 0 Å². The maximum absolute atomic E-state index is 10.7. The van der Waals surface area contributed by atoms with Gasteiger partial charge in [-0.15, -0.1) is 0 Å². The summed E-state index contributed by atoms with van der Waals surface area (Å²) in [6.07, 6.45) is -0.673. The normalized spacial score (nSPS) is 14.1. The Morgan fingerprint density at radius 1 is 1.20 bits per heavy atom. The Bertz CT molecular complexity index is 603. The van der Waals surface area contributed by atoms with Crippen molar-refractivity contribution in [3.8, 4) is 0 Å². The lowest BCUT2D eigenvalue weighted by atomic mass is 9.87. The SMILES string of the molecule is Cc1ccccc1C(CN)C(O)c1ccc(Cl)cc1Br. The van der Waals surface area contributed by atoms with E-state index < -0.39 is 6.10 Å². The van der Waals surface area contributed by atoms with Crippen molar-refractivity contribution in [3.63, 3.8) is 0 Å². The van der Waals surface area contributed by atoms with Crippen molar-refractivity contribution < 1.29 is 5.11 Å². The molecule has 0 amide bonds. The molecule has 2 nitrogen and oxygen atoms in total. The zero-order valence-electron chi connectivity index (χ0n) is 11.2. The zero-order chi connectivity index (χ0) is 14.7. The average molecular weight is 355 g/mol. The molecule has 2 aromatic rings. The molecule has 0 aliphatic carbocycles. The number of hydrogen-bond acceptors (Lipinski definition) is 2. The van der Waals surface area contributed by atoms with Crippen LogP contribution >= 0.6 is 27.5 Å². The van der Waals surface area contributed by atoms with Crippen molar-refractivity contribution in [1.29, 1.82) is 0 Å². The largest absolute Gasteiger partial charge is 0.388 e. The lowest BCUT2D eigenvalue weighted by molar-refractivity contribution is 0.146. The van der Waals surface area contributed by atoms with E-state index in [0.717, 1.165) is 21.2 Å². The van der Waals surface area contributed by atoms with Crippen LogP contribution < -0.4 is 5.73 Å². The number of aliphatic hydroxyl groups excluding tert-OH is 1. The van der Waals surface area contributed by atoms with E-state index in [1.807, 2.05) is 37.3 Å². The summed E-state index contributed by atoms with van der Waals surface area (Å²) >= 11 is 9.39. The molecule has 20 heavy (non-hydrogen) atoms. The molecule has 0 fully saturated rings. The predicted octanol–water partition coefficient (Wildman–Crippen LogP) is 4.19. The third-order valence-electron chi connectivity index (χ3n) is 3.50. The second kappa shape index (κ2) is 6.72. The molecule has 2 atom stereocenters. The highest BCUT2D eigenvalue weighted by Gasteiger charge is 2.24. The van der Waals surface area contributed by atoms with Crippen LogP contribution in [-0.4, -0.2) is 11.7 Å². The van der Waals surface area contributed by atoms with E-state index in [4.69, 9.17) is 17.3 Å². The first-order valence-electron chi connectivity index (χ1n) is 6.43. The van der Waals surface area contributed by atoms with Crippen molar-refractivity contribution in [1.82, 2.24) is 0 Å². The third-order valence-corrected chi connectivity index (χ3v) is 4.43. The van der Waals surface area contributed by atoms with Crippen LogP contribution in [0.15, 0.2) is 46.9 Å². The fraction of sp³-hybridized carbons (Fsp3) is 0.250. The Morgan fingerprint density at radius 3 is 2.50 bits per heavy atom. The molecule has 0 aliphatic heterocycles. The summed E-state index contributed by atoms with van der Waals surface area (Å²) < 4.78 is 0.796. The monoisotopic (exact) mass is 353 g/mol. The zero-order valence-corrected chi connectivity index (χ0v) is 13.5. The van der Waals surface area contributed by atoms with Gasteiger partial charge in [-0.3, -0.25) is 0 Å². The van der Waals surface area contributed by atoms with E-state index in [1.54, 1.807) is 12.1 Å². The number of benzene rings is 2. The molecule has 3 N–H and O–H groups in total. The highest BCUT2D eigenvalue weighted by atomic mass is 79.9. The van der Waals surface area contributed by atoms with Crippen molar-refractivity contribution in [3.05, 3.63) is 68.7 Å². The van der Waals surface area contributed by atoms with Gasteiger partial charge in [0.2, 0.25) is 0 Å². The lowest BCUT2D eigenvalue weighted by Crippen LogP contribution is -2.21. The first-order valence-corrected chi connectivity index (χ1v) is 7.60. The van der Waals surface area contributed by atoms with Gasteiger partial charge in [0.25, 0.3) is 0 Å². The average Bonchev–Trinajstić information content (AvgIpc) is 2.41. The quantitative estimate of drug-likeness (QED) is 0.865. The molecule has 0 aliphatic rings. The Labute approximate surface area is 132 Å². The smallest absolute Gasteiger partial charge is 0.0881 e. The van der Waals surface area contributed by atoms with Crippen molar-refractivity contribution in [2.75, 3.05) is 6.54 Å². The summed E-state index contributed by atoms with van der Waals surface area (Å²) in [6, 6.07) is 13.4. The number of hydrogen-bond donors (Lipinski definition) is 2. The number of rotatable bonds is 4. The third kappa shape index (κ3) is 3.23. The highest BCUT2D eigenvalue weighted by molar-refractivity contribution is 9.10. The van der Waals surface area contributed by atoms with Gasteiger partial charge >= 0.3 is 0 Å². The predicted molar refractivity (Wildman–Crippen MR) is 87.1 cm³/mol. The molecule has 0 saturated carbocycles. The van der Waals surface area contributed by atoms with Crippen LogP contribution in [0.25, 0.3) is 0 Å². The molecule has 0 spiro atoms. The van der Waals surface area contributed by atoms with Gasteiger partial charge in [0.1, 0.15) is 0 Å². The van der Waals surface area contributed by atoms with E-state index in [9.17, 15) is 5.11 Å². The summed E-state index contributed by atoms with van der Waals surface area (Å²) in [5.41, 5.74) is 8.89. The first kappa shape index (κ1) is 15.5. The van der Waals surface area contributed by atoms with Crippen molar-refractivity contribution >= 4 is 27.5 Å². The summed E-state index contributed by atoms with van der Waals surface area (Å²) in [4.78, 5) is 0. The molecule has 0 heterocycles. The van der Waals surface area contributed by atoms with E-state index in [0.29, 0.717) is 11.6 Å². The molecule has 0 saturated heterocycles. The molecule has 2 aromatic carbocycles. The van der Waals surface area contributed by atoms with Crippen molar-refractivity contribution in [2.45, 2.75) is 18.9 Å². The number of nitrogens with two attached hydrogens (primary N) is 1. The van der Waals surface area contributed by atoms with Crippen LogP contribution in [0, 0.1) is 6.92 Å². The summed E-state index contributed by atoms with van der Waals surface area (Å²) in [7, 11) is 0. The molecule has 2 rings (SSSR count). The molecule has 106 valence electrons. The Hall–Kier alpha value is -0.870. The highest BCUT2D eigenvalue weighted by Crippen LogP contribution is 2.36. The van der Waals surface area contributed by atoms with E-state index in [-0.39, 0.29) is 5.92 Å². The minimum Gasteiger partial charge on any atom is -0.388 e. The van der Waals surface area contributed by atoms with Gasteiger partial charge in [-0.1, -0.05) is 57.9 Å². The topological polar surface area (TPSA) is 46.2 Å². The summed E-state index contributed by atoms with van der Waals surface area (Å²) in [5.74, 6) is -0.145. The van der Waals surface area contributed by atoms with Crippen molar-refractivity contribution in [2.24, 2.45) is 5.73 Å². The molecule has 0 bridgehead atoms. The summed E-state index contributed by atoms with van der Waals surface area (Å²) in [6.45, 7) is 2.41. The van der Waals surface area contributed by atoms with E-state index in [1.165, 1.54) is 0 Å². The lowest BCUT2D eigenvalue weighted by Gasteiger charge is -2.24. The van der Waals surface area contributed by atoms with Gasteiger partial charge in [-0.2, -0.15) is 0 Å². The van der Waals surface area contributed by atoms with Crippen LogP contribution in [0.5, 0.6) is 0 Å². The minimum absolute atomic E-state index is 0.145. The Morgan fingerprint density at radius 2 is 1.90 bits per heavy atom. The van der Waals surface area contributed by atoms with Crippen LogP contribution in [-0.2, 0) is 0 Å². The number of halogens is 2. The molecular weight excluding hydrogens is 338 g/mol. The van der Waals surface area contributed by atoms with Gasteiger partial charge in [0.15, 0.2) is 0 Å². The number of aliphatic hydroxyl groups is 1.